The highest BCUT2D eigenvalue weighted by Gasteiger charge is 2.26. The fourth-order valence-corrected chi connectivity index (χ4v) is 3.98. The lowest BCUT2D eigenvalue weighted by Crippen LogP contribution is -2.36. The summed E-state index contributed by atoms with van der Waals surface area (Å²) in [6.45, 7) is 0.969. The summed E-state index contributed by atoms with van der Waals surface area (Å²) in [7, 11) is -3.36. The molecule has 0 unspecified atom stereocenters. The van der Waals surface area contributed by atoms with Crippen LogP contribution < -0.4 is 0 Å². The third kappa shape index (κ3) is 2.56. The lowest BCUT2D eigenvalue weighted by Gasteiger charge is -2.29. The molecular formula is C15H18N2O4S. The number of fused-ring (bicyclic) bond motifs is 1. The highest BCUT2D eigenvalue weighted by atomic mass is 32.2. The largest absolute Gasteiger partial charge is 0.465 e. The van der Waals surface area contributed by atoms with Gasteiger partial charge in [-0.05, 0) is 30.4 Å². The monoisotopic (exact) mass is 322 g/mol. The highest BCUT2D eigenvalue weighted by molar-refractivity contribution is 7.89. The zero-order valence-electron chi connectivity index (χ0n) is 12.3. The summed E-state index contributed by atoms with van der Waals surface area (Å²) in [5, 5.41) is 9.95. The van der Waals surface area contributed by atoms with E-state index in [2.05, 4.69) is 0 Å². The Morgan fingerprint density at radius 2 is 1.86 bits per heavy atom. The van der Waals surface area contributed by atoms with Crippen molar-refractivity contribution < 1.29 is 18.3 Å². The third-order valence-corrected chi connectivity index (χ3v) is 5.29. The standard InChI is InChI=1S/C15H18N2O4S/c1-22(20,21)17-10-13(12-4-2-3-5-14(12)17)11-6-8-16(9-7-11)15(18)19/h2-5,10-11H,6-9H2,1H3,(H,18,19). The van der Waals surface area contributed by atoms with E-state index in [-0.39, 0.29) is 5.92 Å². The van der Waals surface area contributed by atoms with Crippen molar-refractivity contribution in [3.8, 4) is 0 Å². The van der Waals surface area contributed by atoms with Gasteiger partial charge in [-0.25, -0.2) is 17.2 Å². The number of benzene rings is 1. The van der Waals surface area contributed by atoms with Crippen LogP contribution in [0.25, 0.3) is 10.9 Å². The van der Waals surface area contributed by atoms with Crippen molar-refractivity contribution in [1.82, 2.24) is 8.87 Å². The number of likely N-dealkylation sites (tertiary alicyclic amines) is 1. The van der Waals surface area contributed by atoms with Crippen molar-refractivity contribution in [3.05, 3.63) is 36.0 Å². The Morgan fingerprint density at radius 1 is 1.23 bits per heavy atom. The number of hydrogen-bond donors (Lipinski definition) is 1. The molecule has 1 amide bonds. The molecule has 1 N–H and O–H groups in total. The number of aromatic nitrogens is 1. The van der Waals surface area contributed by atoms with Crippen LogP contribution in [0.1, 0.15) is 24.3 Å². The van der Waals surface area contributed by atoms with E-state index in [4.69, 9.17) is 5.11 Å². The normalized spacial score (nSPS) is 17.0. The van der Waals surface area contributed by atoms with Crippen LogP contribution in [0.2, 0.25) is 0 Å². The molecule has 1 aromatic heterocycles. The molecule has 1 fully saturated rings. The number of carboxylic acid groups (broad SMARTS) is 1. The van der Waals surface area contributed by atoms with Gasteiger partial charge in [0.1, 0.15) is 0 Å². The Bertz CT molecular complexity index is 817. The molecule has 0 aliphatic carbocycles. The van der Waals surface area contributed by atoms with Gasteiger partial charge in [0.15, 0.2) is 0 Å². The molecule has 0 spiro atoms. The van der Waals surface area contributed by atoms with Crippen molar-refractivity contribution in [2.45, 2.75) is 18.8 Å². The van der Waals surface area contributed by atoms with Crippen molar-refractivity contribution in [3.63, 3.8) is 0 Å². The van der Waals surface area contributed by atoms with Crippen molar-refractivity contribution >= 4 is 27.0 Å². The van der Waals surface area contributed by atoms with Gasteiger partial charge < -0.3 is 10.0 Å². The Kier molecular flexibility index (Phi) is 3.60. The molecule has 0 saturated carbocycles. The minimum absolute atomic E-state index is 0.184. The van der Waals surface area contributed by atoms with Gasteiger partial charge in [0.05, 0.1) is 11.8 Å². The average Bonchev–Trinajstić information content (AvgIpc) is 2.87. The smallest absolute Gasteiger partial charge is 0.407 e. The van der Waals surface area contributed by atoms with Gasteiger partial charge in [-0.2, -0.15) is 0 Å². The van der Waals surface area contributed by atoms with Crippen LogP contribution in [0.5, 0.6) is 0 Å². The number of para-hydroxylation sites is 1. The second-order valence-electron chi connectivity index (χ2n) is 5.70. The topological polar surface area (TPSA) is 79.6 Å². The number of rotatable bonds is 2. The molecule has 1 aromatic carbocycles. The van der Waals surface area contributed by atoms with E-state index in [1.165, 1.54) is 15.1 Å². The molecule has 3 rings (SSSR count). The molecule has 2 heterocycles. The Labute approximate surface area is 129 Å². The first-order valence-electron chi connectivity index (χ1n) is 7.16. The molecule has 7 heteroatoms. The first-order valence-corrected chi connectivity index (χ1v) is 9.01. The maximum atomic E-state index is 12.0. The van der Waals surface area contributed by atoms with Crippen LogP contribution >= 0.6 is 0 Å². The first-order chi connectivity index (χ1) is 10.4. The molecule has 2 aromatic rings. The van der Waals surface area contributed by atoms with Crippen LogP contribution in [-0.4, -0.2) is 47.8 Å². The van der Waals surface area contributed by atoms with Gasteiger partial charge >= 0.3 is 6.09 Å². The average molecular weight is 322 g/mol. The Balaban J connectivity index is 2.00. The van der Waals surface area contributed by atoms with Crippen LogP contribution in [0.15, 0.2) is 30.5 Å². The molecule has 22 heavy (non-hydrogen) atoms. The molecule has 1 saturated heterocycles. The maximum absolute atomic E-state index is 12.0. The number of piperidine rings is 1. The van der Waals surface area contributed by atoms with Crippen LogP contribution in [0.3, 0.4) is 0 Å². The highest BCUT2D eigenvalue weighted by Crippen LogP contribution is 2.34. The summed E-state index contributed by atoms with van der Waals surface area (Å²) in [6.07, 6.45) is 3.42. The van der Waals surface area contributed by atoms with E-state index in [0.717, 1.165) is 10.9 Å². The number of amides is 1. The van der Waals surface area contributed by atoms with E-state index in [1.807, 2.05) is 18.2 Å². The predicted molar refractivity (Wildman–Crippen MR) is 83.8 cm³/mol. The predicted octanol–water partition coefficient (Wildman–Crippen LogP) is 2.31. The van der Waals surface area contributed by atoms with E-state index >= 15 is 0 Å². The quantitative estimate of drug-likeness (QED) is 0.920. The van der Waals surface area contributed by atoms with Gasteiger partial charge in [-0.3, -0.25) is 0 Å². The zero-order valence-corrected chi connectivity index (χ0v) is 13.1. The van der Waals surface area contributed by atoms with Gasteiger partial charge in [0.25, 0.3) is 0 Å². The van der Waals surface area contributed by atoms with Crippen molar-refractivity contribution in [2.75, 3.05) is 19.3 Å². The minimum Gasteiger partial charge on any atom is -0.465 e. The van der Waals surface area contributed by atoms with Gasteiger partial charge in [-0.1, -0.05) is 18.2 Å². The molecule has 6 nitrogen and oxygen atoms in total. The second-order valence-corrected chi connectivity index (χ2v) is 7.56. The summed E-state index contributed by atoms with van der Waals surface area (Å²) < 4.78 is 25.2. The van der Waals surface area contributed by atoms with Crippen molar-refractivity contribution in [1.29, 1.82) is 0 Å². The molecule has 0 bridgehead atoms. The summed E-state index contributed by atoms with van der Waals surface area (Å²) in [5.41, 5.74) is 1.67. The zero-order chi connectivity index (χ0) is 15.9. The van der Waals surface area contributed by atoms with E-state index < -0.39 is 16.1 Å². The fraction of sp³-hybridized carbons (Fsp3) is 0.400. The molecule has 0 atom stereocenters. The summed E-state index contributed by atoms with van der Waals surface area (Å²) in [5.74, 6) is 0.184. The molecular weight excluding hydrogens is 304 g/mol. The van der Waals surface area contributed by atoms with Gasteiger partial charge in [-0.15, -0.1) is 0 Å². The molecule has 0 radical (unpaired) electrons. The lowest BCUT2D eigenvalue weighted by atomic mass is 9.89. The van der Waals surface area contributed by atoms with Gasteiger partial charge in [0.2, 0.25) is 10.0 Å². The van der Waals surface area contributed by atoms with E-state index in [0.29, 0.717) is 31.4 Å². The number of nitrogens with zero attached hydrogens (tertiary/aromatic N) is 2. The van der Waals surface area contributed by atoms with Crippen LogP contribution in [0.4, 0.5) is 4.79 Å². The third-order valence-electron chi connectivity index (χ3n) is 4.27. The Hall–Kier alpha value is -2.02. The van der Waals surface area contributed by atoms with Crippen LogP contribution in [0, 0.1) is 0 Å². The lowest BCUT2D eigenvalue weighted by molar-refractivity contribution is 0.132. The maximum Gasteiger partial charge on any atom is 0.407 e. The fourth-order valence-electron chi connectivity index (χ4n) is 3.16. The second kappa shape index (κ2) is 5.31. The Morgan fingerprint density at radius 3 is 2.45 bits per heavy atom. The molecule has 1 aliphatic rings. The minimum atomic E-state index is -3.36. The van der Waals surface area contributed by atoms with Crippen LogP contribution in [-0.2, 0) is 10.0 Å². The van der Waals surface area contributed by atoms with E-state index in [9.17, 15) is 13.2 Å². The first kappa shape index (κ1) is 14.9. The summed E-state index contributed by atoms with van der Waals surface area (Å²) in [6, 6.07) is 7.44. The van der Waals surface area contributed by atoms with E-state index in [1.54, 1.807) is 12.3 Å². The molecule has 1 aliphatic heterocycles. The van der Waals surface area contributed by atoms with Gasteiger partial charge in [0, 0.05) is 24.7 Å². The molecule has 118 valence electrons. The number of carbonyl (C=O) groups is 1. The SMILES string of the molecule is CS(=O)(=O)n1cc(C2CCN(C(=O)O)CC2)c2ccccc21. The number of hydrogen-bond acceptors (Lipinski definition) is 3. The van der Waals surface area contributed by atoms with Crippen molar-refractivity contribution in [2.24, 2.45) is 0 Å². The summed E-state index contributed by atoms with van der Waals surface area (Å²) in [4.78, 5) is 12.4. The summed E-state index contributed by atoms with van der Waals surface area (Å²) >= 11 is 0.